The van der Waals surface area contributed by atoms with Gasteiger partial charge in [0, 0.05) is 18.5 Å². The van der Waals surface area contributed by atoms with Gasteiger partial charge in [0.15, 0.2) is 0 Å². The second kappa shape index (κ2) is 7.29. The first-order valence-corrected chi connectivity index (χ1v) is 7.44. The largest absolute Gasteiger partial charge is 0.494 e. The minimum Gasteiger partial charge on any atom is -0.494 e. The first-order chi connectivity index (χ1) is 9.70. The molecule has 0 aromatic heterocycles. The summed E-state index contributed by atoms with van der Waals surface area (Å²) >= 11 is 0. The van der Waals surface area contributed by atoms with Crippen LogP contribution in [0.1, 0.15) is 31.7 Å². The van der Waals surface area contributed by atoms with E-state index in [9.17, 15) is 4.79 Å². The number of carbonyl (C=O) groups is 1. The average Bonchev–Trinajstić information content (AvgIpc) is 2.88. The molecule has 1 aromatic rings. The maximum absolute atomic E-state index is 12.0. The summed E-state index contributed by atoms with van der Waals surface area (Å²) in [7, 11) is 0. The highest BCUT2D eigenvalue weighted by atomic mass is 16.5. The average molecular weight is 276 g/mol. The van der Waals surface area contributed by atoms with E-state index in [1.807, 2.05) is 31.2 Å². The monoisotopic (exact) mass is 276 g/mol. The zero-order chi connectivity index (χ0) is 14.4. The number of rotatable bonds is 6. The molecule has 1 saturated carbocycles. The van der Waals surface area contributed by atoms with Crippen LogP contribution in [0.3, 0.4) is 0 Å². The van der Waals surface area contributed by atoms with Gasteiger partial charge in [-0.2, -0.15) is 0 Å². The van der Waals surface area contributed by atoms with Crippen LogP contribution in [0.4, 0.5) is 0 Å². The van der Waals surface area contributed by atoms with Crippen molar-refractivity contribution in [2.45, 2.75) is 38.6 Å². The maximum atomic E-state index is 12.0. The molecule has 1 aromatic carbocycles. The van der Waals surface area contributed by atoms with Gasteiger partial charge in [-0.3, -0.25) is 4.79 Å². The Morgan fingerprint density at radius 3 is 2.90 bits per heavy atom. The SMILES string of the molecule is CCOc1ccccc1CCNC(=O)C1CCC(N)C1. The first-order valence-electron chi connectivity index (χ1n) is 7.44. The fourth-order valence-corrected chi connectivity index (χ4v) is 2.73. The quantitative estimate of drug-likeness (QED) is 0.833. The number of benzene rings is 1. The molecule has 0 saturated heterocycles. The molecule has 1 aliphatic rings. The third-order valence-corrected chi connectivity index (χ3v) is 3.81. The normalized spacial score (nSPS) is 21.7. The minimum absolute atomic E-state index is 0.104. The molecular formula is C16H24N2O2. The van der Waals surface area contributed by atoms with E-state index in [1.54, 1.807) is 0 Å². The van der Waals surface area contributed by atoms with E-state index >= 15 is 0 Å². The molecule has 0 radical (unpaired) electrons. The van der Waals surface area contributed by atoms with E-state index < -0.39 is 0 Å². The predicted octanol–water partition coefficient (Wildman–Crippen LogP) is 1.87. The van der Waals surface area contributed by atoms with Crippen molar-refractivity contribution in [3.05, 3.63) is 29.8 Å². The summed E-state index contributed by atoms with van der Waals surface area (Å²) in [6, 6.07) is 8.17. The second-order valence-corrected chi connectivity index (χ2v) is 5.35. The second-order valence-electron chi connectivity index (χ2n) is 5.35. The summed E-state index contributed by atoms with van der Waals surface area (Å²) in [6.45, 7) is 3.28. The number of para-hydroxylation sites is 1. The molecule has 0 aliphatic heterocycles. The van der Waals surface area contributed by atoms with E-state index in [0.29, 0.717) is 13.2 Å². The van der Waals surface area contributed by atoms with Crippen LogP contribution in [0.5, 0.6) is 5.75 Å². The fourth-order valence-electron chi connectivity index (χ4n) is 2.73. The van der Waals surface area contributed by atoms with Crippen molar-refractivity contribution in [1.29, 1.82) is 0 Å². The zero-order valence-corrected chi connectivity index (χ0v) is 12.1. The summed E-state index contributed by atoms with van der Waals surface area (Å²) in [5.74, 6) is 1.16. The Morgan fingerprint density at radius 1 is 1.40 bits per heavy atom. The molecule has 20 heavy (non-hydrogen) atoms. The van der Waals surface area contributed by atoms with Crippen molar-refractivity contribution in [3.8, 4) is 5.75 Å². The van der Waals surface area contributed by atoms with Crippen molar-refractivity contribution in [2.75, 3.05) is 13.2 Å². The van der Waals surface area contributed by atoms with Gasteiger partial charge in [0.1, 0.15) is 5.75 Å². The smallest absolute Gasteiger partial charge is 0.223 e. The van der Waals surface area contributed by atoms with Crippen molar-refractivity contribution < 1.29 is 9.53 Å². The molecule has 110 valence electrons. The Labute approximate surface area is 120 Å². The molecule has 2 atom stereocenters. The van der Waals surface area contributed by atoms with Gasteiger partial charge in [-0.05, 0) is 44.2 Å². The van der Waals surface area contributed by atoms with Gasteiger partial charge in [0.05, 0.1) is 6.61 Å². The molecule has 3 N–H and O–H groups in total. The summed E-state index contributed by atoms with van der Waals surface area (Å²) in [5, 5.41) is 3.01. The number of hydrogen-bond donors (Lipinski definition) is 2. The van der Waals surface area contributed by atoms with Crippen LogP contribution in [-0.4, -0.2) is 25.1 Å². The summed E-state index contributed by atoms with van der Waals surface area (Å²) in [6.07, 6.45) is 3.50. The Balaban J connectivity index is 1.79. The molecule has 2 rings (SSSR count). The number of nitrogens with two attached hydrogens (primary N) is 1. The highest BCUT2D eigenvalue weighted by molar-refractivity contribution is 5.79. The fraction of sp³-hybridized carbons (Fsp3) is 0.562. The molecule has 0 spiro atoms. The van der Waals surface area contributed by atoms with Crippen LogP contribution in [-0.2, 0) is 11.2 Å². The van der Waals surface area contributed by atoms with Crippen molar-refractivity contribution in [2.24, 2.45) is 11.7 Å². The molecule has 1 amide bonds. The molecule has 1 fully saturated rings. The van der Waals surface area contributed by atoms with Crippen LogP contribution < -0.4 is 15.8 Å². The lowest BCUT2D eigenvalue weighted by Crippen LogP contribution is -2.32. The molecule has 1 aliphatic carbocycles. The summed E-state index contributed by atoms with van der Waals surface area (Å²) < 4.78 is 5.58. The standard InChI is InChI=1S/C16H24N2O2/c1-2-20-15-6-4-3-5-12(15)9-10-18-16(19)13-7-8-14(17)11-13/h3-6,13-14H,2,7-11,17H2,1H3,(H,18,19). The Kier molecular flexibility index (Phi) is 5.41. The molecule has 0 bridgehead atoms. The van der Waals surface area contributed by atoms with Gasteiger partial charge in [-0.1, -0.05) is 18.2 Å². The lowest BCUT2D eigenvalue weighted by molar-refractivity contribution is -0.124. The van der Waals surface area contributed by atoms with Crippen LogP contribution in [0, 0.1) is 5.92 Å². The van der Waals surface area contributed by atoms with Gasteiger partial charge >= 0.3 is 0 Å². The summed E-state index contributed by atoms with van der Waals surface area (Å²) in [4.78, 5) is 12.0. The van der Waals surface area contributed by atoms with E-state index in [0.717, 1.165) is 37.0 Å². The van der Waals surface area contributed by atoms with Gasteiger partial charge < -0.3 is 15.8 Å². The Hall–Kier alpha value is -1.55. The number of hydrogen-bond acceptors (Lipinski definition) is 3. The van der Waals surface area contributed by atoms with Crippen LogP contribution in [0.15, 0.2) is 24.3 Å². The molecule has 4 nitrogen and oxygen atoms in total. The number of ether oxygens (including phenoxy) is 1. The van der Waals surface area contributed by atoms with Gasteiger partial charge in [-0.25, -0.2) is 0 Å². The van der Waals surface area contributed by atoms with Gasteiger partial charge in [-0.15, -0.1) is 0 Å². The zero-order valence-electron chi connectivity index (χ0n) is 12.1. The van der Waals surface area contributed by atoms with Crippen molar-refractivity contribution >= 4 is 5.91 Å². The van der Waals surface area contributed by atoms with Crippen LogP contribution in [0.25, 0.3) is 0 Å². The molecule has 4 heteroatoms. The lowest BCUT2D eigenvalue weighted by atomic mass is 10.1. The Bertz CT molecular complexity index is 448. The summed E-state index contributed by atoms with van der Waals surface area (Å²) in [5.41, 5.74) is 6.98. The van der Waals surface area contributed by atoms with E-state index in [2.05, 4.69) is 5.32 Å². The highest BCUT2D eigenvalue weighted by Crippen LogP contribution is 2.24. The topological polar surface area (TPSA) is 64.3 Å². The third-order valence-electron chi connectivity index (χ3n) is 3.81. The Morgan fingerprint density at radius 2 is 2.20 bits per heavy atom. The van der Waals surface area contributed by atoms with E-state index in [1.165, 1.54) is 0 Å². The minimum atomic E-state index is 0.104. The number of carbonyl (C=O) groups excluding carboxylic acids is 1. The molecule has 2 unspecified atom stereocenters. The lowest BCUT2D eigenvalue weighted by Gasteiger charge is -2.12. The first kappa shape index (κ1) is 14.9. The van der Waals surface area contributed by atoms with Gasteiger partial charge in [0.25, 0.3) is 0 Å². The molecule has 0 heterocycles. The van der Waals surface area contributed by atoms with Crippen LogP contribution in [0.2, 0.25) is 0 Å². The van der Waals surface area contributed by atoms with Crippen LogP contribution >= 0.6 is 0 Å². The molecular weight excluding hydrogens is 252 g/mol. The van der Waals surface area contributed by atoms with Crippen molar-refractivity contribution in [1.82, 2.24) is 5.32 Å². The highest BCUT2D eigenvalue weighted by Gasteiger charge is 2.27. The van der Waals surface area contributed by atoms with E-state index in [4.69, 9.17) is 10.5 Å². The third kappa shape index (κ3) is 3.97. The number of amides is 1. The maximum Gasteiger partial charge on any atom is 0.223 e. The van der Waals surface area contributed by atoms with Gasteiger partial charge in [0.2, 0.25) is 5.91 Å². The predicted molar refractivity (Wildman–Crippen MR) is 79.6 cm³/mol. The van der Waals surface area contributed by atoms with Crippen molar-refractivity contribution in [3.63, 3.8) is 0 Å². The van der Waals surface area contributed by atoms with E-state index in [-0.39, 0.29) is 17.9 Å². The number of nitrogens with one attached hydrogen (secondary N) is 1.